The van der Waals surface area contributed by atoms with Gasteiger partial charge in [0.05, 0.1) is 24.5 Å². The minimum Gasteiger partial charge on any atom is -0.462 e. The fourth-order valence-electron chi connectivity index (χ4n) is 2.48. The number of nitrogens with zero attached hydrogens (tertiary/aromatic N) is 2. The molecule has 2 rings (SSSR count). The lowest BCUT2D eigenvalue weighted by Crippen LogP contribution is -2.45. The molecular formula is C14H19N3O3S. The predicted octanol–water partition coefficient (Wildman–Crippen LogP) is 1.99. The Balaban J connectivity index is 2.42. The van der Waals surface area contributed by atoms with Crippen molar-refractivity contribution in [1.29, 1.82) is 5.26 Å². The summed E-state index contributed by atoms with van der Waals surface area (Å²) in [7, 11) is 0. The monoisotopic (exact) mass is 309 g/mol. The normalized spacial score (nSPS) is 21.9. The number of anilines is 2. The Kier molecular flexibility index (Phi) is 4.70. The molecule has 2 atom stereocenters. The van der Waals surface area contributed by atoms with Crippen LogP contribution < -0.4 is 10.6 Å². The smallest absolute Gasteiger partial charge is 0.343 e. The molecule has 1 saturated heterocycles. The highest BCUT2D eigenvalue weighted by atomic mass is 32.1. The maximum Gasteiger partial charge on any atom is 0.343 e. The molecule has 0 amide bonds. The van der Waals surface area contributed by atoms with Gasteiger partial charge < -0.3 is 20.1 Å². The van der Waals surface area contributed by atoms with Crippen LogP contribution in [0, 0.1) is 11.3 Å². The molecule has 1 fully saturated rings. The molecule has 1 aromatic heterocycles. The number of carbonyl (C=O) groups excluding carboxylic acids is 1. The summed E-state index contributed by atoms with van der Waals surface area (Å²) in [6.45, 7) is 7.28. The predicted molar refractivity (Wildman–Crippen MR) is 81.6 cm³/mol. The molecule has 0 saturated carbocycles. The third kappa shape index (κ3) is 3.12. The molecule has 0 aromatic carbocycles. The Morgan fingerprint density at radius 1 is 1.52 bits per heavy atom. The molecule has 2 unspecified atom stereocenters. The van der Waals surface area contributed by atoms with Crippen molar-refractivity contribution >= 4 is 28.0 Å². The Bertz CT molecular complexity index is 569. The van der Waals surface area contributed by atoms with E-state index in [9.17, 15) is 4.79 Å². The Morgan fingerprint density at radius 3 is 2.67 bits per heavy atom. The molecule has 21 heavy (non-hydrogen) atoms. The zero-order valence-electron chi connectivity index (χ0n) is 12.4. The number of carbonyl (C=O) groups is 1. The standard InChI is InChI=1S/C14H19N3O3S/c1-4-19-14(18)11-12(16)10(5-15)21-13(11)17-6-8(2)20-9(3)7-17/h8-9H,4,6-7,16H2,1-3H3. The number of ether oxygens (including phenoxy) is 2. The maximum absolute atomic E-state index is 12.2. The second-order valence-electron chi connectivity index (χ2n) is 5.02. The van der Waals surface area contributed by atoms with Crippen LogP contribution in [0.15, 0.2) is 0 Å². The molecule has 1 aromatic rings. The summed E-state index contributed by atoms with van der Waals surface area (Å²) in [4.78, 5) is 14.6. The zero-order valence-corrected chi connectivity index (χ0v) is 13.2. The summed E-state index contributed by atoms with van der Waals surface area (Å²) in [5.41, 5.74) is 6.47. The Hall–Kier alpha value is -1.78. The minimum absolute atomic E-state index is 0.0534. The fourth-order valence-corrected chi connectivity index (χ4v) is 3.51. The van der Waals surface area contributed by atoms with Gasteiger partial charge in [0.15, 0.2) is 0 Å². The van der Waals surface area contributed by atoms with Crippen LogP contribution >= 0.6 is 11.3 Å². The van der Waals surface area contributed by atoms with E-state index < -0.39 is 5.97 Å². The molecule has 0 spiro atoms. The van der Waals surface area contributed by atoms with Gasteiger partial charge >= 0.3 is 5.97 Å². The molecule has 114 valence electrons. The van der Waals surface area contributed by atoms with E-state index in [2.05, 4.69) is 0 Å². The molecule has 6 nitrogen and oxygen atoms in total. The van der Waals surface area contributed by atoms with E-state index in [-0.39, 0.29) is 24.5 Å². The van der Waals surface area contributed by atoms with Crippen LogP contribution in [0.25, 0.3) is 0 Å². The number of nitriles is 1. The Labute approximate surface area is 128 Å². The highest BCUT2D eigenvalue weighted by Crippen LogP contribution is 2.39. The summed E-state index contributed by atoms with van der Waals surface area (Å²) in [6, 6.07) is 2.04. The van der Waals surface area contributed by atoms with Gasteiger partial charge in [0, 0.05) is 13.1 Å². The zero-order chi connectivity index (χ0) is 15.6. The number of hydrogen-bond donors (Lipinski definition) is 1. The van der Waals surface area contributed by atoms with Crippen LogP contribution in [-0.4, -0.2) is 37.9 Å². The van der Waals surface area contributed by atoms with Gasteiger partial charge in [-0.25, -0.2) is 4.79 Å². The van der Waals surface area contributed by atoms with Crippen LogP contribution in [-0.2, 0) is 9.47 Å². The lowest BCUT2D eigenvalue weighted by Gasteiger charge is -2.36. The number of nitrogen functional groups attached to an aromatic ring is 1. The van der Waals surface area contributed by atoms with E-state index >= 15 is 0 Å². The number of esters is 1. The topological polar surface area (TPSA) is 88.6 Å². The minimum atomic E-state index is -0.477. The average molecular weight is 309 g/mol. The molecule has 7 heteroatoms. The van der Waals surface area contributed by atoms with Crippen molar-refractivity contribution in [3.05, 3.63) is 10.4 Å². The third-order valence-electron chi connectivity index (χ3n) is 3.21. The first kappa shape index (κ1) is 15.6. The van der Waals surface area contributed by atoms with E-state index in [4.69, 9.17) is 20.5 Å². The van der Waals surface area contributed by atoms with Crippen LogP contribution in [0.2, 0.25) is 0 Å². The van der Waals surface area contributed by atoms with E-state index in [0.29, 0.717) is 28.5 Å². The lowest BCUT2D eigenvalue weighted by molar-refractivity contribution is -0.00513. The van der Waals surface area contributed by atoms with Crippen molar-refractivity contribution in [2.45, 2.75) is 33.0 Å². The van der Waals surface area contributed by atoms with Crippen molar-refractivity contribution in [2.75, 3.05) is 30.3 Å². The quantitative estimate of drug-likeness (QED) is 0.859. The molecule has 1 aliphatic rings. The van der Waals surface area contributed by atoms with Gasteiger partial charge in [0.1, 0.15) is 21.5 Å². The van der Waals surface area contributed by atoms with E-state index in [1.807, 2.05) is 24.8 Å². The molecular weight excluding hydrogens is 290 g/mol. The first-order valence-electron chi connectivity index (χ1n) is 6.87. The number of hydrogen-bond acceptors (Lipinski definition) is 7. The van der Waals surface area contributed by atoms with Crippen molar-refractivity contribution in [2.24, 2.45) is 0 Å². The Morgan fingerprint density at radius 2 is 2.14 bits per heavy atom. The fraction of sp³-hybridized carbons (Fsp3) is 0.571. The van der Waals surface area contributed by atoms with Crippen LogP contribution in [0.1, 0.15) is 36.0 Å². The number of thiophene rings is 1. The maximum atomic E-state index is 12.2. The largest absolute Gasteiger partial charge is 0.462 e. The summed E-state index contributed by atoms with van der Waals surface area (Å²) >= 11 is 1.23. The summed E-state index contributed by atoms with van der Waals surface area (Å²) in [5.74, 6) is -0.477. The number of rotatable bonds is 3. The van der Waals surface area contributed by atoms with Gasteiger partial charge in [-0.1, -0.05) is 0 Å². The van der Waals surface area contributed by atoms with Crippen LogP contribution in [0.4, 0.5) is 10.7 Å². The van der Waals surface area contributed by atoms with Crippen molar-refractivity contribution in [3.8, 4) is 6.07 Å². The van der Waals surface area contributed by atoms with E-state index in [1.165, 1.54) is 11.3 Å². The molecule has 1 aliphatic heterocycles. The van der Waals surface area contributed by atoms with Crippen molar-refractivity contribution in [3.63, 3.8) is 0 Å². The molecule has 0 radical (unpaired) electrons. The van der Waals surface area contributed by atoms with Crippen LogP contribution in [0.5, 0.6) is 0 Å². The van der Waals surface area contributed by atoms with Gasteiger partial charge in [0.25, 0.3) is 0 Å². The van der Waals surface area contributed by atoms with Gasteiger partial charge in [-0.05, 0) is 20.8 Å². The highest BCUT2D eigenvalue weighted by Gasteiger charge is 2.30. The van der Waals surface area contributed by atoms with Gasteiger partial charge in [-0.3, -0.25) is 0 Å². The first-order chi connectivity index (χ1) is 9.97. The third-order valence-corrected chi connectivity index (χ3v) is 4.39. The first-order valence-corrected chi connectivity index (χ1v) is 7.69. The number of nitrogens with two attached hydrogens (primary N) is 1. The molecule has 0 bridgehead atoms. The van der Waals surface area contributed by atoms with E-state index in [0.717, 1.165) is 0 Å². The van der Waals surface area contributed by atoms with Crippen molar-refractivity contribution in [1.82, 2.24) is 0 Å². The number of morpholine rings is 1. The lowest BCUT2D eigenvalue weighted by atomic mass is 10.2. The highest BCUT2D eigenvalue weighted by molar-refractivity contribution is 7.17. The SMILES string of the molecule is CCOC(=O)c1c(N2CC(C)OC(C)C2)sc(C#N)c1N. The summed E-state index contributed by atoms with van der Waals surface area (Å²) < 4.78 is 10.8. The molecule has 2 N–H and O–H groups in total. The van der Waals surface area contributed by atoms with Crippen molar-refractivity contribution < 1.29 is 14.3 Å². The van der Waals surface area contributed by atoms with Gasteiger partial charge in [-0.15, -0.1) is 11.3 Å². The molecule has 2 heterocycles. The summed E-state index contributed by atoms with van der Waals surface area (Å²) in [6.07, 6.45) is 0.107. The van der Waals surface area contributed by atoms with Crippen LogP contribution in [0.3, 0.4) is 0 Å². The van der Waals surface area contributed by atoms with E-state index in [1.54, 1.807) is 6.92 Å². The average Bonchev–Trinajstić information content (AvgIpc) is 2.75. The summed E-state index contributed by atoms with van der Waals surface area (Å²) in [5, 5.41) is 9.85. The second-order valence-corrected chi connectivity index (χ2v) is 6.02. The molecule has 0 aliphatic carbocycles. The second kappa shape index (κ2) is 6.33. The van der Waals surface area contributed by atoms with Gasteiger partial charge in [0.2, 0.25) is 0 Å². The van der Waals surface area contributed by atoms with Gasteiger partial charge in [-0.2, -0.15) is 5.26 Å².